The number of hydrogen-bond acceptors (Lipinski definition) is 5. The minimum absolute atomic E-state index is 0.0258. The molecule has 1 aromatic heterocycles. The lowest BCUT2D eigenvalue weighted by Gasteiger charge is -2.14. The zero-order chi connectivity index (χ0) is 15.9. The zero-order valence-electron chi connectivity index (χ0n) is 11.9. The van der Waals surface area contributed by atoms with Gasteiger partial charge in [-0.3, -0.25) is 19.9 Å². The van der Waals surface area contributed by atoms with E-state index in [1.807, 2.05) is 12.1 Å². The highest BCUT2D eigenvalue weighted by Crippen LogP contribution is 2.18. The van der Waals surface area contributed by atoms with Crippen LogP contribution in [0, 0.1) is 10.1 Å². The highest BCUT2D eigenvalue weighted by atomic mass is 16.6. The van der Waals surface area contributed by atoms with Crippen LogP contribution in [0.1, 0.15) is 12.5 Å². The van der Waals surface area contributed by atoms with E-state index in [1.54, 1.807) is 19.3 Å². The molecule has 7 heteroatoms. The summed E-state index contributed by atoms with van der Waals surface area (Å²) in [5, 5.41) is 13.3. The predicted molar refractivity (Wildman–Crippen MR) is 79.3 cm³/mol. The largest absolute Gasteiger partial charge is 0.481 e. The highest BCUT2D eigenvalue weighted by Gasteiger charge is 2.15. The van der Waals surface area contributed by atoms with Crippen molar-refractivity contribution in [3.8, 4) is 5.75 Å². The number of nitro groups is 1. The number of nitrogens with zero attached hydrogens (tertiary/aromatic N) is 2. The fourth-order valence-electron chi connectivity index (χ4n) is 1.74. The fourth-order valence-corrected chi connectivity index (χ4v) is 1.74. The molecular formula is C15H15N3O4. The summed E-state index contributed by atoms with van der Waals surface area (Å²) in [5.74, 6) is 0.132. The van der Waals surface area contributed by atoms with Crippen LogP contribution >= 0.6 is 0 Å². The number of amides is 1. The van der Waals surface area contributed by atoms with Gasteiger partial charge in [-0.1, -0.05) is 0 Å². The van der Waals surface area contributed by atoms with E-state index >= 15 is 0 Å². The molecule has 7 nitrogen and oxygen atoms in total. The van der Waals surface area contributed by atoms with Crippen LogP contribution in [0.5, 0.6) is 5.75 Å². The van der Waals surface area contributed by atoms with E-state index in [9.17, 15) is 14.9 Å². The van der Waals surface area contributed by atoms with Gasteiger partial charge in [0.15, 0.2) is 6.10 Å². The lowest BCUT2D eigenvalue weighted by atomic mass is 10.2. The van der Waals surface area contributed by atoms with Gasteiger partial charge in [-0.2, -0.15) is 0 Å². The van der Waals surface area contributed by atoms with E-state index in [4.69, 9.17) is 4.74 Å². The van der Waals surface area contributed by atoms with Crippen molar-refractivity contribution in [2.75, 3.05) is 0 Å². The number of aromatic nitrogens is 1. The molecule has 22 heavy (non-hydrogen) atoms. The second-order valence-corrected chi connectivity index (χ2v) is 4.58. The molecule has 2 aromatic rings. The molecule has 2 rings (SSSR count). The van der Waals surface area contributed by atoms with Gasteiger partial charge in [0.2, 0.25) is 0 Å². The number of rotatable bonds is 6. The van der Waals surface area contributed by atoms with Crippen LogP contribution < -0.4 is 10.1 Å². The summed E-state index contributed by atoms with van der Waals surface area (Å²) < 4.78 is 5.45. The quantitative estimate of drug-likeness (QED) is 0.651. The molecule has 0 aliphatic rings. The Bertz CT molecular complexity index is 644. The van der Waals surface area contributed by atoms with Crippen molar-refractivity contribution in [2.24, 2.45) is 0 Å². The third-order valence-electron chi connectivity index (χ3n) is 2.95. The van der Waals surface area contributed by atoms with E-state index in [0.29, 0.717) is 12.3 Å². The topological polar surface area (TPSA) is 94.4 Å². The van der Waals surface area contributed by atoms with E-state index in [0.717, 1.165) is 5.56 Å². The van der Waals surface area contributed by atoms with Crippen molar-refractivity contribution in [1.29, 1.82) is 0 Å². The molecule has 0 aliphatic carbocycles. The molecular weight excluding hydrogens is 286 g/mol. The summed E-state index contributed by atoms with van der Waals surface area (Å²) in [5.41, 5.74) is 0.910. The van der Waals surface area contributed by atoms with Gasteiger partial charge in [0.05, 0.1) is 4.92 Å². The number of nitro benzene ring substituents is 1. The van der Waals surface area contributed by atoms with Crippen molar-refractivity contribution in [1.82, 2.24) is 10.3 Å². The Balaban J connectivity index is 1.86. The van der Waals surface area contributed by atoms with Crippen LogP contribution in [0.4, 0.5) is 5.69 Å². The number of carbonyl (C=O) groups is 1. The number of carbonyl (C=O) groups excluding carboxylic acids is 1. The first-order valence-electron chi connectivity index (χ1n) is 6.64. The first-order chi connectivity index (χ1) is 10.6. The molecule has 0 saturated heterocycles. The molecule has 1 heterocycles. The van der Waals surface area contributed by atoms with Crippen molar-refractivity contribution < 1.29 is 14.5 Å². The number of hydrogen-bond donors (Lipinski definition) is 1. The standard InChI is InChI=1S/C15H15N3O4/c1-11(15(19)17-10-12-6-8-16-9-7-12)22-14-4-2-13(3-5-14)18(20)21/h2-9,11H,10H2,1H3,(H,17,19). The third kappa shape index (κ3) is 4.27. The Labute approximate surface area is 127 Å². The Morgan fingerprint density at radius 3 is 2.50 bits per heavy atom. The van der Waals surface area contributed by atoms with E-state index in [1.165, 1.54) is 24.3 Å². The first-order valence-corrected chi connectivity index (χ1v) is 6.64. The third-order valence-corrected chi connectivity index (χ3v) is 2.95. The molecule has 0 aliphatic heterocycles. The fraction of sp³-hybridized carbons (Fsp3) is 0.200. The van der Waals surface area contributed by atoms with Crippen LogP contribution in [0.2, 0.25) is 0 Å². The number of pyridine rings is 1. The Morgan fingerprint density at radius 2 is 1.91 bits per heavy atom. The summed E-state index contributed by atoms with van der Waals surface area (Å²) in [4.78, 5) is 25.9. The normalized spacial score (nSPS) is 11.5. The van der Waals surface area contributed by atoms with Crippen LogP contribution in [-0.2, 0) is 11.3 Å². The molecule has 114 valence electrons. The van der Waals surface area contributed by atoms with Crippen molar-refractivity contribution in [3.63, 3.8) is 0 Å². The minimum atomic E-state index is -0.705. The van der Waals surface area contributed by atoms with Crippen molar-refractivity contribution in [3.05, 3.63) is 64.5 Å². The van der Waals surface area contributed by atoms with Gasteiger partial charge in [-0.15, -0.1) is 0 Å². The molecule has 1 unspecified atom stereocenters. The molecule has 0 bridgehead atoms. The molecule has 1 N–H and O–H groups in total. The molecule has 0 saturated carbocycles. The number of ether oxygens (including phenoxy) is 1. The molecule has 0 radical (unpaired) electrons. The Hall–Kier alpha value is -2.96. The van der Waals surface area contributed by atoms with Crippen LogP contribution in [-0.4, -0.2) is 21.9 Å². The maximum atomic E-state index is 11.9. The summed E-state index contributed by atoms with van der Waals surface area (Å²) >= 11 is 0. The predicted octanol–water partition coefficient (Wildman–Crippen LogP) is 2.07. The smallest absolute Gasteiger partial charge is 0.269 e. The number of non-ortho nitro benzene ring substituents is 1. The second kappa shape index (κ2) is 7.16. The van der Waals surface area contributed by atoms with Crippen LogP contribution in [0.3, 0.4) is 0 Å². The molecule has 1 amide bonds. The van der Waals surface area contributed by atoms with Crippen LogP contribution in [0.25, 0.3) is 0 Å². The van der Waals surface area contributed by atoms with Crippen molar-refractivity contribution >= 4 is 11.6 Å². The molecule has 0 spiro atoms. The van der Waals surface area contributed by atoms with Gasteiger partial charge in [0.25, 0.3) is 11.6 Å². The number of benzene rings is 1. The zero-order valence-corrected chi connectivity index (χ0v) is 11.9. The Morgan fingerprint density at radius 1 is 1.27 bits per heavy atom. The van der Waals surface area contributed by atoms with Gasteiger partial charge < -0.3 is 10.1 Å². The Kier molecular flexibility index (Phi) is 5.02. The molecule has 0 fully saturated rings. The maximum absolute atomic E-state index is 11.9. The summed E-state index contributed by atoms with van der Waals surface area (Å²) in [7, 11) is 0. The highest BCUT2D eigenvalue weighted by molar-refractivity contribution is 5.80. The SMILES string of the molecule is CC(Oc1ccc([N+](=O)[O-])cc1)C(=O)NCc1ccncc1. The lowest BCUT2D eigenvalue weighted by Crippen LogP contribution is -2.35. The van der Waals surface area contributed by atoms with Gasteiger partial charge in [0.1, 0.15) is 5.75 Å². The first kappa shape index (κ1) is 15.4. The van der Waals surface area contributed by atoms with Crippen molar-refractivity contribution in [2.45, 2.75) is 19.6 Å². The minimum Gasteiger partial charge on any atom is -0.481 e. The molecule has 1 aromatic carbocycles. The van der Waals surface area contributed by atoms with Gasteiger partial charge in [-0.25, -0.2) is 0 Å². The molecule has 1 atom stereocenters. The van der Waals surface area contributed by atoms with Crippen LogP contribution in [0.15, 0.2) is 48.8 Å². The summed E-state index contributed by atoms with van der Waals surface area (Å²) in [6.45, 7) is 2.00. The van der Waals surface area contributed by atoms with Gasteiger partial charge in [-0.05, 0) is 36.8 Å². The second-order valence-electron chi connectivity index (χ2n) is 4.58. The lowest BCUT2D eigenvalue weighted by molar-refractivity contribution is -0.384. The average molecular weight is 301 g/mol. The van der Waals surface area contributed by atoms with E-state index in [2.05, 4.69) is 10.3 Å². The number of nitrogens with one attached hydrogen (secondary N) is 1. The van der Waals surface area contributed by atoms with Gasteiger partial charge in [0, 0.05) is 31.1 Å². The summed E-state index contributed by atoms with van der Waals surface area (Å²) in [6, 6.07) is 9.20. The maximum Gasteiger partial charge on any atom is 0.269 e. The van der Waals surface area contributed by atoms with E-state index in [-0.39, 0.29) is 11.6 Å². The van der Waals surface area contributed by atoms with E-state index < -0.39 is 11.0 Å². The average Bonchev–Trinajstić information content (AvgIpc) is 2.54. The van der Waals surface area contributed by atoms with Gasteiger partial charge >= 0.3 is 0 Å². The summed E-state index contributed by atoms with van der Waals surface area (Å²) in [6.07, 6.45) is 2.60. The monoisotopic (exact) mass is 301 g/mol.